The molecule has 5 rings (SSSR count). The number of nitrogens with one attached hydrogen (secondary N) is 1. The number of ether oxygens (including phenoxy) is 1. The summed E-state index contributed by atoms with van der Waals surface area (Å²) in [4.78, 5) is 30.5. The van der Waals surface area contributed by atoms with Gasteiger partial charge >= 0.3 is 0 Å². The van der Waals surface area contributed by atoms with Crippen molar-refractivity contribution in [2.45, 2.75) is 37.0 Å². The summed E-state index contributed by atoms with van der Waals surface area (Å²) in [6, 6.07) is 27.2. The molecule has 0 aliphatic carbocycles. The van der Waals surface area contributed by atoms with E-state index < -0.39 is 5.54 Å². The highest BCUT2D eigenvalue weighted by atomic mass is 32.2. The van der Waals surface area contributed by atoms with Crippen molar-refractivity contribution in [3.63, 3.8) is 0 Å². The van der Waals surface area contributed by atoms with Crippen molar-refractivity contribution < 1.29 is 14.3 Å². The molecule has 1 N–H and O–H groups in total. The Hall–Kier alpha value is -4.04. The second-order valence-electron chi connectivity index (χ2n) is 9.48. The Morgan fingerprint density at radius 2 is 1.74 bits per heavy atom. The molecule has 0 bridgehead atoms. The fourth-order valence-corrected chi connectivity index (χ4v) is 5.08. The largest absolute Gasteiger partial charge is 0.497 e. The first-order chi connectivity index (χ1) is 18.4. The third kappa shape index (κ3) is 5.04. The van der Waals surface area contributed by atoms with Crippen LogP contribution in [0.2, 0.25) is 0 Å². The number of thioether (sulfide) groups is 1. The predicted octanol–water partition coefficient (Wildman–Crippen LogP) is 5.01. The topological polar surface area (TPSA) is 76.5 Å². The van der Waals surface area contributed by atoms with Crippen LogP contribution in [-0.4, -0.2) is 45.4 Å². The summed E-state index contributed by atoms with van der Waals surface area (Å²) in [6.45, 7) is 2.75. The maximum atomic E-state index is 13.9. The molecule has 2 amide bonds. The zero-order valence-corrected chi connectivity index (χ0v) is 22.5. The highest BCUT2D eigenvalue weighted by Gasteiger charge is 2.48. The minimum atomic E-state index is -1.14. The molecule has 0 saturated heterocycles. The molecular formula is C30H30N4O3S. The average molecular weight is 527 g/mol. The molecule has 1 atom stereocenters. The lowest BCUT2D eigenvalue weighted by atomic mass is 9.94. The van der Waals surface area contributed by atoms with E-state index in [1.165, 1.54) is 0 Å². The number of nitrogens with zero attached hydrogens (tertiary/aromatic N) is 3. The molecule has 7 nitrogen and oxygen atoms in total. The Morgan fingerprint density at radius 1 is 1.03 bits per heavy atom. The van der Waals surface area contributed by atoms with Crippen molar-refractivity contribution in [1.29, 1.82) is 0 Å². The molecule has 1 aromatic heterocycles. The molecule has 0 saturated carbocycles. The van der Waals surface area contributed by atoms with Gasteiger partial charge in [-0.05, 0) is 66.8 Å². The number of aromatic nitrogens is 2. The quantitative estimate of drug-likeness (QED) is 0.327. The van der Waals surface area contributed by atoms with Gasteiger partial charge in [0.2, 0.25) is 5.91 Å². The van der Waals surface area contributed by atoms with Crippen molar-refractivity contribution in [2.75, 3.05) is 13.4 Å². The molecule has 38 heavy (non-hydrogen) atoms. The first kappa shape index (κ1) is 25.6. The summed E-state index contributed by atoms with van der Waals surface area (Å²) in [5, 5.41) is 7.79. The van der Waals surface area contributed by atoms with Crippen LogP contribution in [0, 0.1) is 0 Å². The maximum Gasteiger partial charge on any atom is 0.273 e. The van der Waals surface area contributed by atoms with Gasteiger partial charge in [0, 0.05) is 23.5 Å². The number of methoxy groups -OCH3 is 1. The summed E-state index contributed by atoms with van der Waals surface area (Å²) >= 11 is 1.66. The van der Waals surface area contributed by atoms with Crippen molar-refractivity contribution in [3.05, 3.63) is 102 Å². The van der Waals surface area contributed by atoms with Gasteiger partial charge in [-0.2, -0.15) is 5.10 Å². The molecule has 0 fully saturated rings. The van der Waals surface area contributed by atoms with E-state index in [2.05, 4.69) is 5.32 Å². The predicted molar refractivity (Wildman–Crippen MR) is 149 cm³/mol. The third-order valence-corrected chi connectivity index (χ3v) is 7.71. The number of rotatable bonds is 8. The summed E-state index contributed by atoms with van der Waals surface area (Å²) < 4.78 is 6.93. The summed E-state index contributed by atoms with van der Waals surface area (Å²) in [7, 11) is 1.62. The van der Waals surface area contributed by atoms with Crippen LogP contribution in [0.25, 0.3) is 11.3 Å². The molecule has 8 heteroatoms. The minimum Gasteiger partial charge on any atom is -0.497 e. The number of carbonyl (C=O) groups is 2. The number of carbonyl (C=O) groups excluding carboxylic acids is 2. The van der Waals surface area contributed by atoms with E-state index in [0.29, 0.717) is 24.5 Å². The Morgan fingerprint density at radius 3 is 2.39 bits per heavy atom. The molecule has 0 spiro atoms. The lowest BCUT2D eigenvalue weighted by Gasteiger charge is -2.43. The Labute approximate surface area is 226 Å². The fourth-order valence-electron chi connectivity index (χ4n) is 4.67. The molecule has 194 valence electrons. The standard InChI is InChI=1S/C30H30N4O3S/c1-30(29(36)31-18-21-7-5-4-6-8-21)20-34-27(17-26(32-34)23-11-13-24(37-2)14-12-23)28(35)33(30)19-22-9-15-25(38-3)16-10-22/h4-17H,18-20H2,1-3H3,(H,31,36)/t30-/m0/s1. The highest BCUT2D eigenvalue weighted by Crippen LogP contribution is 2.32. The van der Waals surface area contributed by atoms with Crippen molar-refractivity contribution >= 4 is 23.6 Å². The van der Waals surface area contributed by atoms with Crippen LogP contribution in [0.4, 0.5) is 0 Å². The number of fused-ring (bicyclic) bond motifs is 1. The van der Waals surface area contributed by atoms with Crippen LogP contribution in [-0.2, 0) is 24.4 Å². The van der Waals surface area contributed by atoms with E-state index >= 15 is 0 Å². The van der Waals surface area contributed by atoms with E-state index in [4.69, 9.17) is 9.84 Å². The number of benzene rings is 3. The average Bonchev–Trinajstić information content (AvgIpc) is 3.38. The van der Waals surface area contributed by atoms with Crippen molar-refractivity contribution in [1.82, 2.24) is 20.0 Å². The molecule has 2 heterocycles. The van der Waals surface area contributed by atoms with Crippen LogP contribution in [0.5, 0.6) is 5.75 Å². The summed E-state index contributed by atoms with van der Waals surface area (Å²) in [6.07, 6.45) is 2.03. The number of hydrogen-bond donors (Lipinski definition) is 1. The zero-order chi connectivity index (χ0) is 26.7. The van der Waals surface area contributed by atoms with Gasteiger partial charge in [-0.3, -0.25) is 14.3 Å². The second kappa shape index (κ2) is 10.8. The lowest BCUT2D eigenvalue weighted by molar-refractivity contribution is -0.133. The van der Waals surface area contributed by atoms with Crippen LogP contribution in [0.15, 0.2) is 89.8 Å². The Balaban J connectivity index is 1.48. The first-order valence-corrected chi connectivity index (χ1v) is 13.6. The molecule has 1 aliphatic rings. The monoisotopic (exact) mass is 526 g/mol. The van der Waals surface area contributed by atoms with E-state index in [9.17, 15) is 9.59 Å². The summed E-state index contributed by atoms with van der Waals surface area (Å²) in [5.74, 6) is 0.299. The van der Waals surface area contributed by atoms with E-state index in [-0.39, 0.29) is 18.4 Å². The molecule has 0 unspecified atom stereocenters. The van der Waals surface area contributed by atoms with Crippen molar-refractivity contribution in [2.24, 2.45) is 0 Å². The smallest absolute Gasteiger partial charge is 0.273 e. The highest BCUT2D eigenvalue weighted by molar-refractivity contribution is 7.98. The van der Waals surface area contributed by atoms with Gasteiger partial charge in [0.1, 0.15) is 17.0 Å². The van der Waals surface area contributed by atoms with Crippen LogP contribution in [0.3, 0.4) is 0 Å². The molecule has 4 aromatic rings. The Bertz CT molecular complexity index is 1430. The third-order valence-electron chi connectivity index (χ3n) is 6.97. The normalized spacial score (nSPS) is 16.7. The van der Waals surface area contributed by atoms with E-state index in [1.807, 2.05) is 92.0 Å². The summed E-state index contributed by atoms with van der Waals surface area (Å²) in [5.41, 5.74) is 2.82. The second-order valence-corrected chi connectivity index (χ2v) is 10.4. The van der Waals surface area contributed by atoms with Crippen LogP contribution < -0.4 is 10.1 Å². The maximum absolute atomic E-state index is 13.9. The van der Waals surface area contributed by atoms with Gasteiger partial charge in [-0.15, -0.1) is 11.8 Å². The van der Waals surface area contributed by atoms with E-state index in [0.717, 1.165) is 27.3 Å². The van der Waals surface area contributed by atoms with Gasteiger partial charge in [0.25, 0.3) is 5.91 Å². The van der Waals surface area contributed by atoms with Crippen LogP contribution in [0.1, 0.15) is 28.5 Å². The van der Waals surface area contributed by atoms with Crippen molar-refractivity contribution in [3.8, 4) is 17.0 Å². The minimum absolute atomic E-state index is 0.220. The fraction of sp³-hybridized carbons (Fsp3) is 0.233. The molecule has 0 radical (unpaired) electrons. The van der Waals surface area contributed by atoms with Crippen LogP contribution >= 0.6 is 11.8 Å². The van der Waals surface area contributed by atoms with E-state index in [1.54, 1.807) is 34.5 Å². The first-order valence-electron chi connectivity index (χ1n) is 12.4. The molecule has 3 aromatic carbocycles. The Kier molecular flexibility index (Phi) is 7.24. The molecule has 1 aliphatic heterocycles. The van der Waals surface area contributed by atoms with Gasteiger partial charge < -0.3 is 15.0 Å². The van der Waals surface area contributed by atoms with Gasteiger partial charge in [-0.25, -0.2) is 0 Å². The number of hydrogen-bond acceptors (Lipinski definition) is 5. The molecular weight excluding hydrogens is 496 g/mol. The van der Waals surface area contributed by atoms with Gasteiger partial charge in [0.05, 0.1) is 19.3 Å². The number of amides is 2. The lowest BCUT2D eigenvalue weighted by Crippen LogP contribution is -2.63. The van der Waals surface area contributed by atoms with Gasteiger partial charge in [-0.1, -0.05) is 42.5 Å². The zero-order valence-electron chi connectivity index (χ0n) is 21.7. The van der Waals surface area contributed by atoms with Gasteiger partial charge in [0.15, 0.2) is 0 Å². The SMILES string of the molecule is COc1ccc(-c2cc3n(n2)C[C@@](C)(C(=O)NCc2ccccc2)N(Cc2ccc(SC)cc2)C3=O)cc1.